The first kappa shape index (κ1) is 15.1. The number of halogens is 1. The van der Waals surface area contributed by atoms with Crippen LogP contribution in [0.25, 0.3) is 0 Å². The molecule has 0 fully saturated rings. The Morgan fingerprint density at radius 2 is 1.67 bits per heavy atom. The first-order chi connectivity index (χ1) is 9.96. The second kappa shape index (κ2) is 6.01. The number of rotatable bonds is 5. The lowest BCUT2D eigenvalue weighted by Crippen LogP contribution is -2.14. The molecular formula is C14H14FNO4S. The molecule has 0 radical (unpaired) electrons. The van der Waals surface area contributed by atoms with Gasteiger partial charge in [-0.25, -0.2) is 12.8 Å². The van der Waals surface area contributed by atoms with Gasteiger partial charge in [-0.05, 0) is 36.4 Å². The van der Waals surface area contributed by atoms with Gasteiger partial charge in [-0.15, -0.1) is 0 Å². The van der Waals surface area contributed by atoms with Crippen molar-refractivity contribution in [1.82, 2.24) is 0 Å². The molecule has 0 atom stereocenters. The van der Waals surface area contributed by atoms with E-state index in [9.17, 15) is 12.8 Å². The first-order valence-electron chi connectivity index (χ1n) is 5.96. The van der Waals surface area contributed by atoms with Crippen molar-refractivity contribution in [3.05, 3.63) is 48.3 Å². The van der Waals surface area contributed by atoms with E-state index in [2.05, 4.69) is 4.72 Å². The van der Waals surface area contributed by atoms with Gasteiger partial charge in [0.2, 0.25) is 0 Å². The van der Waals surface area contributed by atoms with Crippen molar-refractivity contribution in [3.8, 4) is 11.5 Å². The SMILES string of the molecule is COc1ccc(S(=O)(=O)Nc2ccc(F)cc2)c(OC)c1. The topological polar surface area (TPSA) is 64.6 Å². The van der Waals surface area contributed by atoms with Crippen LogP contribution in [-0.4, -0.2) is 22.6 Å². The van der Waals surface area contributed by atoms with E-state index in [1.54, 1.807) is 0 Å². The average molecular weight is 311 g/mol. The minimum Gasteiger partial charge on any atom is -0.497 e. The molecule has 0 aliphatic rings. The molecule has 0 aromatic heterocycles. The molecule has 0 saturated carbocycles. The number of ether oxygens (including phenoxy) is 2. The summed E-state index contributed by atoms with van der Waals surface area (Å²) in [5.74, 6) is 0.191. The Morgan fingerprint density at radius 1 is 1.00 bits per heavy atom. The van der Waals surface area contributed by atoms with Crippen LogP contribution in [0.15, 0.2) is 47.4 Å². The average Bonchev–Trinajstić information content (AvgIpc) is 2.48. The number of sulfonamides is 1. The summed E-state index contributed by atoms with van der Waals surface area (Å²) in [6.07, 6.45) is 0. The van der Waals surface area contributed by atoms with E-state index in [4.69, 9.17) is 9.47 Å². The highest BCUT2D eigenvalue weighted by molar-refractivity contribution is 7.92. The molecule has 2 aromatic rings. The maximum atomic E-state index is 12.8. The summed E-state index contributed by atoms with van der Waals surface area (Å²) in [6.45, 7) is 0. The summed E-state index contributed by atoms with van der Waals surface area (Å²) in [5, 5.41) is 0. The van der Waals surface area contributed by atoms with Gasteiger partial charge in [-0.1, -0.05) is 0 Å². The van der Waals surface area contributed by atoms with Crippen LogP contribution in [0.2, 0.25) is 0 Å². The van der Waals surface area contributed by atoms with Crippen molar-refractivity contribution in [2.75, 3.05) is 18.9 Å². The molecule has 5 nitrogen and oxygen atoms in total. The van der Waals surface area contributed by atoms with Crippen molar-refractivity contribution in [3.63, 3.8) is 0 Å². The second-order valence-corrected chi connectivity index (χ2v) is 5.78. The van der Waals surface area contributed by atoms with Crippen LogP contribution in [0.1, 0.15) is 0 Å². The number of hydrogen-bond donors (Lipinski definition) is 1. The maximum Gasteiger partial charge on any atom is 0.265 e. The monoisotopic (exact) mass is 311 g/mol. The van der Waals surface area contributed by atoms with Crippen LogP contribution in [0.3, 0.4) is 0 Å². The lowest BCUT2D eigenvalue weighted by Gasteiger charge is -2.12. The zero-order chi connectivity index (χ0) is 15.5. The third-order valence-corrected chi connectivity index (χ3v) is 4.18. The Balaban J connectivity index is 2.37. The lowest BCUT2D eigenvalue weighted by atomic mass is 10.3. The van der Waals surface area contributed by atoms with Crippen molar-refractivity contribution >= 4 is 15.7 Å². The second-order valence-electron chi connectivity index (χ2n) is 4.13. The van der Waals surface area contributed by atoms with Gasteiger partial charge in [0.15, 0.2) is 0 Å². The van der Waals surface area contributed by atoms with Gasteiger partial charge in [-0.2, -0.15) is 0 Å². The van der Waals surface area contributed by atoms with Gasteiger partial charge in [-0.3, -0.25) is 4.72 Å². The molecule has 0 heterocycles. The van der Waals surface area contributed by atoms with Gasteiger partial charge < -0.3 is 9.47 Å². The maximum absolute atomic E-state index is 12.8. The van der Waals surface area contributed by atoms with E-state index >= 15 is 0 Å². The molecule has 21 heavy (non-hydrogen) atoms. The molecule has 0 spiro atoms. The fourth-order valence-corrected chi connectivity index (χ4v) is 2.94. The van der Waals surface area contributed by atoms with Crippen molar-refractivity contribution in [2.24, 2.45) is 0 Å². The number of benzene rings is 2. The summed E-state index contributed by atoms with van der Waals surface area (Å²) in [6, 6.07) is 9.38. The Hall–Kier alpha value is -2.28. The highest BCUT2D eigenvalue weighted by atomic mass is 32.2. The largest absolute Gasteiger partial charge is 0.497 e. The van der Waals surface area contributed by atoms with Gasteiger partial charge in [0.05, 0.1) is 14.2 Å². The Morgan fingerprint density at radius 3 is 2.24 bits per heavy atom. The first-order valence-corrected chi connectivity index (χ1v) is 7.45. The zero-order valence-corrected chi connectivity index (χ0v) is 12.3. The van der Waals surface area contributed by atoms with Gasteiger partial charge in [0.25, 0.3) is 10.0 Å². The molecular weight excluding hydrogens is 297 g/mol. The predicted octanol–water partition coefficient (Wildman–Crippen LogP) is 2.64. The molecule has 7 heteroatoms. The molecule has 0 aliphatic heterocycles. The van der Waals surface area contributed by atoms with E-state index < -0.39 is 15.8 Å². The van der Waals surface area contributed by atoms with Crippen LogP contribution in [0.4, 0.5) is 10.1 Å². The van der Waals surface area contributed by atoms with Crippen molar-refractivity contribution < 1.29 is 22.3 Å². The van der Waals surface area contributed by atoms with Crippen LogP contribution < -0.4 is 14.2 Å². The lowest BCUT2D eigenvalue weighted by molar-refractivity contribution is 0.386. The highest BCUT2D eigenvalue weighted by Gasteiger charge is 2.20. The fraction of sp³-hybridized carbons (Fsp3) is 0.143. The minimum atomic E-state index is -3.85. The fourth-order valence-electron chi connectivity index (χ4n) is 1.72. The van der Waals surface area contributed by atoms with E-state index in [-0.39, 0.29) is 16.3 Å². The smallest absolute Gasteiger partial charge is 0.265 e. The van der Waals surface area contributed by atoms with Crippen molar-refractivity contribution in [1.29, 1.82) is 0 Å². The van der Waals surface area contributed by atoms with Gasteiger partial charge >= 0.3 is 0 Å². The summed E-state index contributed by atoms with van der Waals surface area (Å²) < 4.78 is 50.0. The number of methoxy groups -OCH3 is 2. The van der Waals surface area contributed by atoms with Crippen molar-refractivity contribution in [2.45, 2.75) is 4.90 Å². The van der Waals surface area contributed by atoms with E-state index in [0.717, 1.165) is 0 Å². The van der Waals surface area contributed by atoms with Crippen LogP contribution in [0.5, 0.6) is 11.5 Å². The summed E-state index contributed by atoms with van der Waals surface area (Å²) in [7, 11) is -1.01. The molecule has 0 amide bonds. The van der Waals surface area contributed by atoms with Crippen LogP contribution in [-0.2, 0) is 10.0 Å². The van der Waals surface area contributed by atoms with Gasteiger partial charge in [0, 0.05) is 11.8 Å². The third-order valence-electron chi connectivity index (χ3n) is 2.76. The Kier molecular flexibility index (Phi) is 4.32. The normalized spacial score (nSPS) is 11.0. The predicted molar refractivity (Wildman–Crippen MR) is 76.8 cm³/mol. The van der Waals surface area contributed by atoms with Crippen LogP contribution in [0, 0.1) is 5.82 Å². The zero-order valence-electron chi connectivity index (χ0n) is 11.5. The molecule has 0 saturated heterocycles. The number of hydrogen-bond acceptors (Lipinski definition) is 4. The molecule has 0 unspecified atom stereocenters. The highest BCUT2D eigenvalue weighted by Crippen LogP contribution is 2.29. The van der Waals surface area contributed by atoms with E-state index in [1.165, 1.54) is 56.7 Å². The standard InChI is InChI=1S/C14H14FNO4S/c1-19-12-7-8-14(13(9-12)20-2)21(17,18)16-11-5-3-10(15)4-6-11/h3-9,16H,1-2H3. The molecule has 1 N–H and O–H groups in total. The molecule has 0 bridgehead atoms. The summed E-state index contributed by atoms with van der Waals surface area (Å²) >= 11 is 0. The molecule has 2 aromatic carbocycles. The molecule has 112 valence electrons. The molecule has 0 aliphatic carbocycles. The quantitative estimate of drug-likeness (QED) is 0.922. The van der Waals surface area contributed by atoms with E-state index in [0.29, 0.717) is 5.75 Å². The molecule has 2 rings (SSSR count). The summed E-state index contributed by atoms with van der Waals surface area (Å²) in [4.78, 5) is -0.0323. The van der Waals surface area contributed by atoms with Gasteiger partial charge in [0.1, 0.15) is 22.2 Å². The number of anilines is 1. The minimum absolute atomic E-state index is 0.0323. The van der Waals surface area contributed by atoms with E-state index in [1.807, 2.05) is 0 Å². The Labute approximate surface area is 122 Å². The number of nitrogens with one attached hydrogen (secondary N) is 1. The van der Waals surface area contributed by atoms with Crippen LogP contribution >= 0.6 is 0 Å². The Bertz CT molecular complexity index is 729. The summed E-state index contributed by atoms with van der Waals surface area (Å²) in [5.41, 5.74) is 0.259. The third kappa shape index (κ3) is 3.43.